The number of hydrogen-bond donors (Lipinski definition) is 1. The maximum atomic E-state index is 12.1. The van der Waals surface area contributed by atoms with Crippen molar-refractivity contribution in [3.8, 4) is 11.8 Å². The molecule has 0 atom stereocenters. The van der Waals surface area contributed by atoms with Gasteiger partial charge in [-0.3, -0.25) is 0 Å². The predicted octanol–water partition coefficient (Wildman–Crippen LogP) is 3.28. The first-order valence-corrected chi connectivity index (χ1v) is 5.52. The van der Waals surface area contributed by atoms with Crippen LogP contribution in [0.2, 0.25) is 0 Å². The zero-order chi connectivity index (χ0) is 13.5. The molecule has 0 unspecified atom stereocenters. The number of nitrogens with two attached hydrogens (primary N) is 1. The molecule has 3 nitrogen and oxygen atoms in total. The van der Waals surface area contributed by atoms with E-state index in [0.717, 1.165) is 6.42 Å². The first kappa shape index (κ1) is 14.0. The number of benzene rings is 1. The number of ether oxygens (including phenoxy) is 1. The Bertz CT molecular complexity index is 478. The van der Waals surface area contributed by atoms with E-state index in [0.29, 0.717) is 23.3 Å². The third-order valence-electron chi connectivity index (χ3n) is 2.33. The van der Waals surface area contributed by atoms with Crippen molar-refractivity contribution in [2.75, 3.05) is 0 Å². The van der Waals surface area contributed by atoms with Gasteiger partial charge in [-0.1, -0.05) is 25.5 Å². The summed E-state index contributed by atoms with van der Waals surface area (Å²) in [6, 6.07) is 8.05. The third kappa shape index (κ3) is 3.74. The second kappa shape index (κ2) is 6.60. The average molecular weight is 252 g/mol. The zero-order valence-corrected chi connectivity index (χ0v) is 9.99. The number of allylic oxidation sites excluding steroid dienone is 1. The van der Waals surface area contributed by atoms with E-state index in [-0.39, 0.29) is 5.75 Å². The molecule has 0 saturated carbocycles. The van der Waals surface area contributed by atoms with Crippen LogP contribution in [-0.2, 0) is 0 Å². The number of alkyl halides is 2. The summed E-state index contributed by atoms with van der Waals surface area (Å²) in [5, 5.41) is 8.96. The highest BCUT2D eigenvalue weighted by atomic mass is 19.3. The van der Waals surface area contributed by atoms with Gasteiger partial charge in [-0.05, 0) is 18.6 Å². The van der Waals surface area contributed by atoms with Gasteiger partial charge in [-0.25, -0.2) is 0 Å². The maximum absolute atomic E-state index is 12.1. The smallest absolute Gasteiger partial charge is 0.387 e. The standard InChI is InChI=1S/C13H14F2N2O/c1-2-4-10(8-16)12(17)9-5-3-6-11(7-9)18-13(14)15/h3,5-7,13H,2,4,17H2,1H3/b12-10-. The number of nitrogens with zero attached hydrogens (tertiary/aromatic N) is 1. The summed E-state index contributed by atoms with van der Waals surface area (Å²) in [5.74, 6) is 0.0271. The first-order valence-electron chi connectivity index (χ1n) is 5.52. The second-order valence-corrected chi connectivity index (χ2v) is 3.66. The zero-order valence-electron chi connectivity index (χ0n) is 9.99. The predicted molar refractivity (Wildman–Crippen MR) is 64.7 cm³/mol. The highest BCUT2D eigenvalue weighted by molar-refractivity contribution is 5.69. The Kier molecular flexibility index (Phi) is 5.12. The fourth-order valence-corrected chi connectivity index (χ4v) is 1.51. The second-order valence-electron chi connectivity index (χ2n) is 3.66. The van der Waals surface area contributed by atoms with E-state index in [1.54, 1.807) is 12.1 Å². The SMILES string of the molecule is CCC/C(C#N)=C(/N)c1cccc(OC(F)F)c1. The molecule has 1 aromatic carbocycles. The molecule has 5 heteroatoms. The Morgan fingerprint density at radius 2 is 2.22 bits per heavy atom. The Hall–Kier alpha value is -2.09. The molecular weight excluding hydrogens is 238 g/mol. The normalized spacial score (nSPS) is 11.9. The van der Waals surface area contributed by atoms with Crippen LogP contribution in [0.3, 0.4) is 0 Å². The topological polar surface area (TPSA) is 59.0 Å². The number of rotatable bonds is 5. The van der Waals surface area contributed by atoms with Gasteiger partial charge in [-0.2, -0.15) is 14.0 Å². The Morgan fingerprint density at radius 3 is 2.78 bits per heavy atom. The molecule has 1 rings (SSSR count). The molecule has 0 heterocycles. The lowest BCUT2D eigenvalue weighted by molar-refractivity contribution is -0.0498. The van der Waals surface area contributed by atoms with E-state index in [2.05, 4.69) is 4.74 Å². The molecule has 0 saturated heterocycles. The van der Waals surface area contributed by atoms with Crippen LogP contribution in [0.25, 0.3) is 5.70 Å². The van der Waals surface area contributed by atoms with Crippen molar-refractivity contribution in [2.45, 2.75) is 26.4 Å². The van der Waals surface area contributed by atoms with Gasteiger partial charge in [0.2, 0.25) is 0 Å². The molecule has 0 spiro atoms. The molecule has 0 radical (unpaired) electrons. The van der Waals surface area contributed by atoms with Crippen molar-refractivity contribution >= 4 is 5.70 Å². The van der Waals surface area contributed by atoms with Crippen LogP contribution >= 0.6 is 0 Å². The molecule has 0 aliphatic carbocycles. The molecule has 0 aromatic heterocycles. The third-order valence-corrected chi connectivity index (χ3v) is 2.33. The minimum atomic E-state index is -2.88. The molecule has 0 amide bonds. The van der Waals surface area contributed by atoms with Gasteiger partial charge >= 0.3 is 6.61 Å². The van der Waals surface area contributed by atoms with Gasteiger partial charge in [-0.15, -0.1) is 0 Å². The highest BCUT2D eigenvalue weighted by Gasteiger charge is 2.08. The highest BCUT2D eigenvalue weighted by Crippen LogP contribution is 2.22. The quantitative estimate of drug-likeness (QED) is 0.818. The molecule has 2 N–H and O–H groups in total. The lowest BCUT2D eigenvalue weighted by atomic mass is 10.0. The molecule has 0 aliphatic heterocycles. The molecule has 0 aliphatic rings. The van der Waals surface area contributed by atoms with E-state index in [9.17, 15) is 8.78 Å². The Labute approximate surface area is 104 Å². The lowest BCUT2D eigenvalue weighted by Gasteiger charge is -2.08. The molecule has 0 fully saturated rings. The van der Waals surface area contributed by atoms with Crippen molar-refractivity contribution in [3.05, 3.63) is 35.4 Å². The minimum absolute atomic E-state index is 0.0271. The fraction of sp³-hybridized carbons (Fsp3) is 0.308. The van der Waals surface area contributed by atoms with Crippen LogP contribution in [-0.4, -0.2) is 6.61 Å². The van der Waals surface area contributed by atoms with E-state index < -0.39 is 6.61 Å². The number of halogens is 2. The maximum Gasteiger partial charge on any atom is 0.387 e. The van der Waals surface area contributed by atoms with Crippen molar-refractivity contribution < 1.29 is 13.5 Å². The van der Waals surface area contributed by atoms with Gasteiger partial charge in [0.05, 0.1) is 17.3 Å². The molecule has 1 aromatic rings. The molecule has 18 heavy (non-hydrogen) atoms. The van der Waals surface area contributed by atoms with Crippen molar-refractivity contribution in [2.24, 2.45) is 5.73 Å². The fourth-order valence-electron chi connectivity index (χ4n) is 1.51. The largest absolute Gasteiger partial charge is 0.435 e. The van der Waals surface area contributed by atoms with Crippen LogP contribution in [0.15, 0.2) is 29.8 Å². The lowest BCUT2D eigenvalue weighted by Crippen LogP contribution is -2.04. The van der Waals surface area contributed by atoms with E-state index in [1.165, 1.54) is 12.1 Å². The Balaban J connectivity index is 3.06. The summed E-state index contributed by atoms with van der Waals surface area (Å²) in [6.07, 6.45) is 1.35. The van der Waals surface area contributed by atoms with Gasteiger partial charge in [0.1, 0.15) is 5.75 Å². The van der Waals surface area contributed by atoms with Crippen LogP contribution in [0.5, 0.6) is 5.75 Å². The van der Waals surface area contributed by atoms with Crippen LogP contribution < -0.4 is 10.5 Å². The summed E-state index contributed by atoms with van der Waals surface area (Å²) in [6.45, 7) is -0.947. The monoisotopic (exact) mass is 252 g/mol. The molecular formula is C13H14F2N2O. The van der Waals surface area contributed by atoms with Crippen molar-refractivity contribution in [1.29, 1.82) is 5.26 Å². The average Bonchev–Trinajstić information content (AvgIpc) is 2.34. The summed E-state index contributed by atoms with van der Waals surface area (Å²) in [4.78, 5) is 0. The van der Waals surface area contributed by atoms with Crippen LogP contribution in [0.4, 0.5) is 8.78 Å². The van der Waals surface area contributed by atoms with Gasteiger partial charge in [0, 0.05) is 5.56 Å². The van der Waals surface area contributed by atoms with Crippen molar-refractivity contribution in [1.82, 2.24) is 0 Å². The van der Waals surface area contributed by atoms with E-state index in [4.69, 9.17) is 11.0 Å². The van der Waals surface area contributed by atoms with Crippen LogP contribution in [0, 0.1) is 11.3 Å². The molecule has 0 bridgehead atoms. The van der Waals surface area contributed by atoms with Crippen LogP contribution in [0.1, 0.15) is 25.3 Å². The van der Waals surface area contributed by atoms with E-state index >= 15 is 0 Å². The summed E-state index contributed by atoms with van der Waals surface area (Å²) in [5.41, 5.74) is 7.12. The van der Waals surface area contributed by atoms with Gasteiger partial charge in [0.25, 0.3) is 0 Å². The first-order chi connectivity index (χ1) is 8.58. The Morgan fingerprint density at radius 1 is 1.50 bits per heavy atom. The number of nitriles is 1. The van der Waals surface area contributed by atoms with Crippen molar-refractivity contribution in [3.63, 3.8) is 0 Å². The van der Waals surface area contributed by atoms with E-state index in [1.807, 2.05) is 13.0 Å². The van der Waals surface area contributed by atoms with Gasteiger partial charge in [0.15, 0.2) is 0 Å². The summed E-state index contributed by atoms with van der Waals surface area (Å²) < 4.78 is 28.4. The molecule has 96 valence electrons. The van der Waals surface area contributed by atoms with Gasteiger partial charge < -0.3 is 10.5 Å². The minimum Gasteiger partial charge on any atom is -0.435 e. The number of hydrogen-bond acceptors (Lipinski definition) is 3. The summed E-state index contributed by atoms with van der Waals surface area (Å²) >= 11 is 0. The summed E-state index contributed by atoms with van der Waals surface area (Å²) in [7, 11) is 0.